The van der Waals surface area contributed by atoms with Crippen LogP contribution < -0.4 is 5.73 Å². The highest BCUT2D eigenvalue weighted by Crippen LogP contribution is 2.35. The van der Waals surface area contributed by atoms with Gasteiger partial charge in [-0.05, 0) is 11.6 Å². The number of nitrogens with zero attached hydrogens (tertiary/aromatic N) is 3. The van der Waals surface area contributed by atoms with Gasteiger partial charge in [-0.2, -0.15) is 5.26 Å². The highest BCUT2D eigenvalue weighted by molar-refractivity contribution is 5.88. The van der Waals surface area contributed by atoms with E-state index in [-0.39, 0.29) is 5.82 Å². The summed E-state index contributed by atoms with van der Waals surface area (Å²) >= 11 is 0. The molecule has 0 atom stereocenters. The minimum absolute atomic E-state index is 0.232. The summed E-state index contributed by atoms with van der Waals surface area (Å²) in [6.07, 6.45) is 5.12. The van der Waals surface area contributed by atoms with E-state index in [4.69, 9.17) is 5.73 Å². The quantitative estimate of drug-likeness (QED) is 0.776. The molecule has 2 N–H and O–H groups in total. The zero-order valence-corrected chi connectivity index (χ0v) is 11.2. The summed E-state index contributed by atoms with van der Waals surface area (Å²) < 4.78 is 0. The summed E-state index contributed by atoms with van der Waals surface area (Å²) in [6.45, 7) is 0. The molecule has 0 aliphatic heterocycles. The minimum Gasteiger partial charge on any atom is -0.383 e. The van der Waals surface area contributed by atoms with Gasteiger partial charge in [0.15, 0.2) is 0 Å². The number of nitriles is 1. The average molecular weight is 272 g/mol. The summed E-state index contributed by atoms with van der Waals surface area (Å²) in [5, 5.41) is 9.44. The molecule has 0 bridgehead atoms. The first-order valence-corrected chi connectivity index (χ1v) is 6.45. The fourth-order valence-corrected chi connectivity index (χ4v) is 2.29. The second kappa shape index (κ2) is 5.43. The molecule has 1 aromatic carbocycles. The van der Waals surface area contributed by atoms with Crippen LogP contribution in [0.3, 0.4) is 0 Å². The molecule has 21 heavy (non-hydrogen) atoms. The molecule has 3 rings (SSSR count). The molecule has 0 unspecified atom stereocenters. The molecule has 4 heteroatoms. The minimum atomic E-state index is 0.232. The second-order valence-electron chi connectivity index (χ2n) is 4.53. The first-order chi connectivity index (χ1) is 10.3. The molecule has 0 saturated heterocycles. The van der Waals surface area contributed by atoms with Crippen molar-refractivity contribution < 1.29 is 0 Å². The number of hydrogen-bond donors (Lipinski definition) is 1. The van der Waals surface area contributed by atoms with Crippen LogP contribution >= 0.6 is 0 Å². The zero-order valence-electron chi connectivity index (χ0n) is 11.2. The highest BCUT2D eigenvalue weighted by Gasteiger charge is 2.16. The van der Waals surface area contributed by atoms with Gasteiger partial charge in [-0.15, -0.1) is 0 Å². The Labute approximate surface area is 122 Å². The predicted molar refractivity (Wildman–Crippen MR) is 82.0 cm³/mol. The van der Waals surface area contributed by atoms with Crippen LogP contribution in [0.1, 0.15) is 5.56 Å². The van der Waals surface area contributed by atoms with E-state index in [2.05, 4.69) is 16.0 Å². The number of pyridine rings is 2. The van der Waals surface area contributed by atoms with Crippen molar-refractivity contribution in [2.45, 2.75) is 0 Å². The van der Waals surface area contributed by atoms with E-state index in [1.807, 2.05) is 42.5 Å². The summed E-state index contributed by atoms with van der Waals surface area (Å²) in [4.78, 5) is 8.28. The van der Waals surface area contributed by atoms with Gasteiger partial charge in [0.1, 0.15) is 17.5 Å². The summed E-state index contributed by atoms with van der Waals surface area (Å²) in [6, 6.07) is 15.7. The van der Waals surface area contributed by atoms with E-state index >= 15 is 0 Å². The van der Waals surface area contributed by atoms with E-state index in [0.717, 1.165) is 22.3 Å². The van der Waals surface area contributed by atoms with E-state index in [1.54, 1.807) is 18.6 Å². The van der Waals surface area contributed by atoms with Crippen LogP contribution in [0.15, 0.2) is 61.1 Å². The third-order valence-corrected chi connectivity index (χ3v) is 3.26. The topological polar surface area (TPSA) is 75.6 Å². The van der Waals surface area contributed by atoms with Crippen molar-refractivity contribution in [1.82, 2.24) is 9.97 Å². The van der Waals surface area contributed by atoms with E-state index in [0.29, 0.717) is 5.56 Å². The number of anilines is 1. The van der Waals surface area contributed by atoms with Crippen molar-refractivity contribution in [2.75, 3.05) is 5.73 Å². The van der Waals surface area contributed by atoms with Crippen LogP contribution in [0.2, 0.25) is 0 Å². The lowest BCUT2D eigenvalue weighted by Gasteiger charge is -2.12. The van der Waals surface area contributed by atoms with Gasteiger partial charge in [0, 0.05) is 35.3 Å². The number of hydrogen-bond acceptors (Lipinski definition) is 4. The Morgan fingerprint density at radius 3 is 2.38 bits per heavy atom. The largest absolute Gasteiger partial charge is 0.383 e. The Kier molecular flexibility index (Phi) is 3.32. The molecule has 3 aromatic rings. The number of nitrogen functional groups attached to an aromatic ring is 1. The fourth-order valence-electron chi connectivity index (χ4n) is 2.29. The summed E-state index contributed by atoms with van der Waals surface area (Å²) in [5.41, 5.74) is 9.71. The van der Waals surface area contributed by atoms with Crippen molar-refractivity contribution in [1.29, 1.82) is 5.26 Å². The first kappa shape index (κ1) is 12.8. The molecule has 0 spiro atoms. The molecule has 100 valence electrons. The molecule has 2 aromatic heterocycles. The molecular weight excluding hydrogens is 260 g/mol. The molecule has 0 amide bonds. The molecule has 0 fully saturated rings. The standard InChI is InChI=1S/C17H12N4/c18-9-14-16(13-7-4-8-20-10-13)15(11-21-17(14)19)12-5-2-1-3-6-12/h1-8,10-11H,(H2,19,21). The number of rotatable bonds is 2. The van der Waals surface area contributed by atoms with Crippen molar-refractivity contribution in [3.05, 3.63) is 66.6 Å². The Hall–Kier alpha value is -3.19. The number of aromatic nitrogens is 2. The third kappa shape index (κ3) is 2.33. The molecule has 0 aliphatic carbocycles. The van der Waals surface area contributed by atoms with E-state index in [9.17, 15) is 5.26 Å². The third-order valence-electron chi connectivity index (χ3n) is 3.26. The lowest BCUT2D eigenvalue weighted by molar-refractivity contribution is 1.29. The van der Waals surface area contributed by atoms with E-state index in [1.165, 1.54) is 0 Å². The maximum absolute atomic E-state index is 9.44. The summed E-state index contributed by atoms with van der Waals surface area (Å²) in [5.74, 6) is 0.232. The van der Waals surface area contributed by atoms with Gasteiger partial charge < -0.3 is 5.73 Å². The van der Waals surface area contributed by atoms with Crippen LogP contribution in [-0.2, 0) is 0 Å². The van der Waals surface area contributed by atoms with Crippen molar-refractivity contribution in [3.8, 4) is 28.3 Å². The maximum Gasteiger partial charge on any atom is 0.141 e. The monoisotopic (exact) mass is 272 g/mol. The Morgan fingerprint density at radius 2 is 1.71 bits per heavy atom. The number of nitrogens with two attached hydrogens (primary N) is 1. The second-order valence-corrected chi connectivity index (χ2v) is 4.53. The Bertz CT molecular complexity index is 805. The lowest BCUT2D eigenvalue weighted by atomic mass is 9.93. The van der Waals surface area contributed by atoms with Crippen molar-refractivity contribution >= 4 is 5.82 Å². The van der Waals surface area contributed by atoms with Crippen LogP contribution in [0.5, 0.6) is 0 Å². The Balaban J connectivity index is 2.35. The van der Waals surface area contributed by atoms with Gasteiger partial charge >= 0.3 is 0 Å². The van der Waals surface area contributed by atoms with Crippen LogP contribution in [0.25, 0.3) is 22.3 Å². The van der Waals surface area contributed by atoms with Gasteiger partial charge in [0.25, 0.3) is 0 Å². The summed E-state index contributed by atoms with van der Waals surface area (Å²) in [7, 11) is 0. The van der Waals surface area contributed by atoms with Gasteiger partial charge in [-0.1, -0.05) is 36.4 Å². The zero-order chi connectivity index (χ0) is 14.7. The normalized spacial score (nSPS) is 10.0. The van der Waals surface area contributed by atoms with Gasteiger partial charge in [-0.25, -0.2) is 4.98 Å². The predicted octanol–water partition coefficient (Wildman–Crippen LogP) is 3.26. The average Bonchev–Trinajstić information content (AvgIpc) is 2.56. The van der Waals surface area contributed by atoms with Crippen molar-refractivity contribution in [2.24, 2.45) is 0 Å². The Morgan fingerprint density at radius 1 is 0.952 bits per heavy atom. The molecule has 0 saturated carbocycles. The lowest BCUT2D eigenvalue weighted by Crippen LogP contribution is -1.99. The van der Waals surface area contributed by atoms with Gasteiger partial charge in [0.05, 0.1) is 0 Å². The van der Waals surface area contributed by atoms with Crippen molar-refractivity contribution in [3.63, 3.8) is 0 Å². The van der Waals surface area contributed by atoms with Gasteiger partial charge in [-0.3, -0.25) is 4.98 Å². The molecule has 0 aliphatic rings. The molecule has 4 nitrogen and oxygen atoms in total. The maximum atomic E-state index is 9.44. The van der Waals surface area contributed by atoms with Crippen LogP contribution in [0, 0.1) is 11.3 Å². The molecule has 0 radical (unpaired) electrons. The molecule has 2 heterocycles. The first-order valence-electron chi connectivity index (χ1n) is 6.45. The SMILES string of the molecule is N#Cc1c(N)ncc(-c2ccccc2)c1-c1cccnc1. The fraction of sp³-hybridized carbons (Fsp3) is 0. The van der Waals surface area contributed by atoms with Crippen LogP contribution in [0.4, 0.5) is 5.82 Å². The van der Waals surface area contributed by atoms with Gasteiger partial charge in [0.2, 0.25) is 0 Å². The number of benzene rings is 1. The molecular formula is C17H12N4. The smallest absolute Gasteiger partial charge is 0.141 e. The van der Waals surface area contributed by atoms with Crippen LogP contribution in [-0.4, -0.2) is 9.97 Å². The van der Waals surface area contributed by atoms with E-state index < -0.39 is 0 Å². The highest BCUT2D eigenvalue weighted by atomic mass is 14.8.